The first-order valence-electron chi connectivity index (χ1n) is 6.83. The predicted molar refractivity (Wildman–Crippen MR) is 65.4 cm³/mol. The van der Waals surface area contributed by atoms with Crippen LogP contribution in [0.5, 0.6) is 0 Å². The molecule has 0 unspecified atom stereocenters. The van der Waals surface area contributed by atoms with Crippen LogP contribution in [-0.4, -0.2) is 36.3 Å². The fraction of sp³-hybridized carbons (Fsp3) is 0.846. The van der Waals surface area contributed by atoms with Gasteiger partial charge < -0.3 is 10.2 Å². The quantitative estimate of drug-likeness (QED) is 0.802. The highest BCUT2D eigenvalue weighted by Crippen LogP contribution is 2.24. The molecule has 1 N–H and O–H groups in total. The second-order valence-corrected chi connectivity index (χ2v) is 5.11. The third kappa shape index (κ3) is 3.45. The van der Waals surface area contributed by atoms with Crippen LogP contribution in [0.4, 0.5) is 0 Å². The van der Waals surface area contributed by atoms with Crippen LogP contribution in [0.2, 0.25) is 0 Å². The van der Waals surface area contributed by atoms with Gasteiger partial charge in [-0.05, 0) is 25.7 Å². The highest BCUT2D eigenvalue weighted by Gasteiger charge is 2.23. The van der Waals surface area contributed by atoms with E-state index in [2.05, 4.69) is 5.32 Å². The molecular weight excluding hydrogens is 216 g/mol. The predicted octanol–water partition coefficient (Wildman–Crippen LogP) is 1.31. The van der Waals surface area contributed by atoms with Crippen molar-refractivity contribution in [3.05, 3.63) is 0 Å². The molecule has 1 aliphatic heterocycles. The second-order valence-electron chi connectivity index (χ2n) is 5.11. The summed E-state index contributed by atoms with van der Waals surface area (Å²) in [5, 5.41) is 2.96. The van der Waals surface area contributed by atoms with E-state index >= 15 is 0 Å². The lowest BCUT2D eigenvalue weighted by molar-refractivity contribution is -0.133. The van der Waals surface area contributed by atoms with Crippen molar-refractivity contribution in [1.82, 2.24) is 10.2 Å². The van der Waals surface area contributed by atoms with E-state index in [0.717, 1.165) is 32.2 Å². The minimum absolute atomic E-state index is 0.187. The summed E-state index contributed by atoms with van der Waals surface area (Å²) in [6, 6.07) is 0. The molecule has 0 radical (unpaired) electrons. The molecule has 1 saturated heterocycles. The fourth-order valence-electron chi connectivity index (χ4n) is 2.74. The SMILES string of the molecule is O=C(NCCN1CCCCC1=O)C1CCCC1. The maximum absolute atomic E-state index is 11.8. The van der Waals surface area contributed by atoms with E-state index in [0.29, 0.717) is 19.5 Å². The Labute approximate surface area is 103 Å². The maximum Gasteiger partial charge on any atom is 0.223 e. The van der Waals surface area contributed by atoms with Crippen LogP contribution >= 0.6 is 0 Å². The molecule has 2 rings (SSSR count). The van der Waals surface area contributed by atoms with Gasteiger partial charge in [-0.15, -0.1) is 0 Å². The Hall–Kier alpha value is -1.06. The summed E-state index contributed by atoms with van der Waals surface area (Å²) in [7, 11) is 0. The molecule has 96 valence electrons. The van der Waals surface area contributed by atoms with E-state index in [-0.39, 0.29) is 17.7 Å². The second kappa shape index (κ2) is 6.03. The van der Waals surface area contributed by atoms with Gasteiger partial charge in [0.05, 0.1) is 0 Å². The monoisotopic (exact) mass is 238 g/mol. The van der Waals surface area contributed by atoms with Gasteiger partial charge in [0.25, 0.3) is 0 Å². The van der Waals surface area contributed by atoms with E-state index in [1.165, 1.54) is 12.8 Å². The third-order valence-corrected chi connectivity index (χ3v) is 3.83. The first-order valence-corrected chi connectivity index (χ1v) is 6.83. The molecule has 4 nitrogen and oxygen atoms in total. The average Bonchev–Trinajstić information content (AvgIpc) is 2.85. The van der Waals surface area contributed by atoms with Gasteiger partial charge in [0.2, 0.25) is 11.8 Å². The molecule has 0 atom stereocenters. The van der Waals surface area contributed by atoms with E-state index < -0.39 is 0 Å². The molecule has 1 saturated carbocycles. The van der Waals surface area contributed by atoms with Crippen LogP contribution < -0.4 is 5.32 Å². The number of hydrogen-bond acceptors (Lipinski definition) is 2. The van der Waals surface area contributed by atoms with Gasteiger partial charge in [0, 0.05) is 32.0 Å². The molecule has 0 aromatic heterocycles. The van der Waals surface area contributed by atoms with E-state index in [1.807, 2.05) is 4.90 Å². The van der Waals surface area contributed by atoms with Crippen molar-refractivity contribution in [2.45, 2.75) is 44.9 Å². The van der Waals surface area contributed by atoms with Gasteiger partial charge in [-0.1, -0.05) is 12.8 Å². The molecule has 4 heteroatoms. The number of carbonyl (C=O) groups is 2. The molecule has 0 bridgehead atoms. The van der Waals surface area contributed by atoms with E-state index in [9.17, 15) is 9.59 Å². The maximum atomic E-state index is 11.8. The van der Waals surface area contributed by atoms with Crippen molar-refractivity contribution in [2.24, 2.45) is 5.92 Å². The zero-order valence-electron chi connectivity index (χ0n) is 10.4. The van der Waals surface area contributed by atoms with Crippen LogP contribution in [0.3, 0.4) is 0 Å². The molecule has 2 fully saturated rings. The largest absolute Gasteiger partial charge is 0.354 e. The van der Waals surface area contributed by atoms with Crippen LogP contribution in [0.15, 0.2) is 0 Å². The van der Waals surface area contributed by atoms with Crippen molar-refractivity contribution in [3.8, 4) is 0 Å². The standard InChI is InChI=1S/C13H22N2O2/c16-12-7-3-4-9-15(12)10-8-14-13(17)11-5-1-2-6-11/h11H,1-10H2,(H,14,17). The van der Waals surface area contributed by atoms with Crippen LogP contribution in [0, 0.1) is 5.92 Å². The van der Waals surface area contributed by atoms with Crippen molar-refractivity contribution < 1.29 is 9.59 Å². The highest BCUT2D eigenvalue weighted by atomic mass is 16.2. The van der Waals surface area contributed by atoms with Gasteiger partial charge in [0.1, 0.15) is 0 Å². The molecule has 1 heterocycles. The summed E-state index contributed by atoms with van der Waals surface area (Å²) < 4.78 is 0. The normalized spacial score (nSPS) is 21.9. The van der Waals surface area contributed by atoms with Gasteiger partial charge in [-0.3, -0.25) is 9.59 Å². The average molecular weight is 238 g/mol. The lowest BCUT2D eigenvalue weighted by atomic mass is 10.1. The van der Waals surface area contributed by atoms with Crippen molar-refractivity contribution in [3.63, 3.8) is 0 Å². The molecule has 0 aromatic carbocycles. The smallest absolute Gasteiger partial charge is 0.223 e. The number of nitrogens with one attached hydrogen (secondary N) is 1. The van der Waals surface area contributed by atoms with Gasteiger partial charge in [-0.25, -0.2) is 0 Å². The molecule has 17 heavy (non-hydrogen) atoms. The summed E-state index contributed by atoms with van der Waals surface area (Å²) in [4.78, 5) is 25.2. The van der Waals surface area contributed by atoms with Crippen molar-refractivity contribution in [2.75, 3.05) is 19.6 Å². The van der Waals surface area contributed by atoms with Crippen LogP contribution in [0.1, 0.15) is 44.9 Å². The van der Waals surface area contributed by atoms with Crippen LogP contribution in [-0.2, 0) is 9.59 Å². The lowest BCUT2D eigenvalue weighted by Crippen LogP contribution is -2.42. The summed E-state index contributed by atoms with van der Waals surface area (Å²) in [5.74, 6) is 0.658. The number of rotatable bonds is 4. The first-order chi connectivity index (χ1) is 8.27. The lowest BCUT2D eigenvalue weighted by Gasteiger charge is -2.26. The number of nitrogens with zero attached hydrogens (tertiary/aromatic N) is 1. The van der Waals surface area contributed by atoms with E-state index in [4.69, 9.17) is 0 Å². The first kappa shape index (κ1) is 12.4. The minimum Gasteiger partial charge on any atom is -0.354 e. The minimum atomic E-state index is 0.187. The number of piperidine rings is 1. The van der Waals surface area contributed by atoms with Crippen molar-refractivity contribution in [1.29, 1.82) is 0 Å². The Morgan fingerprint density at radius 1 is 1.24 bits per heavy atom. The summed E-state index contributed by atoms with van der Waals surface area (Å²) in [6.07, 6.45) is 7.23. The summed E-state index contributed by atoms with van der Waals surface area (Å²) in [5.41, 5.74) is 0. The topological polar surface area (TPSA) is 49.4 Å². The molecule has 2 aliphatic rings. The number of hydrogen-bond donors (Lipinski definition) is 1. The number of carbonyl (C=O) groups excluding carboxylic acids is 2. The molecule has 1 aliphatic carbocycles. The van der Waals surface area contributed by atoms with Crippen LogP contribution in [0.25, 0.3) is 0 Å². The summed E-state index contributed by atoms with van der Waals surface area (Å²) >= 11 is 0. The molecule has 2 amide bonds. The molecular formula is C13H22N2O2. The van der Waals surface area contributed by atoms with E-state index in [1.54, 1.807) is 0 Å². The molecule has 0 aromatic rings. The highest BCUT2D eigenvalue weighted by molar-refractivity contribution is 5.79. The van der Waals surface area contributed by atoms with Gasteiger partial charge in [-0.2, -0.15) is 0 Å². The summed E-state index contributed by atoms with van der Waals surface area (Å²) in [6.45, 7) is 2.15. The van der Waals surface area contributed by atoms with Gasteiger partial charge in [0.15, 0.2) is 0 Å². The zero-order chi connectivity index (χ0) is 12.1. The zero-order valence-corrected chi connectivity index (χ0v) is 10.4. The Kier molecular flexibility index (Phi) is 4.40. The fourth-order valence-corrected chi connectivity index (χ4v) is 2.74. The van der Waals surface area contributed by atoms with Crippen molar-refractivity contribution >= 4 is 11.8 Å². The Morgan fingerprint density at radius 2 is 2.00 bits per heavy atom. The number of likely N-dealkylation sites (tertiary alicyclic amines) is 1. The van der Waals surface area contributed by atoms with Gasteiger partial charge >= 0.3 is 0 Å². The molecule has 0 spiro atoms. The number of amides is 2. The third-order valence-electron chi connectivity index (χ3n) is 3.83. The Morgan fingerprint density at radius 3 is 2.71 bits per heavy atom. The Bertz CT molecular complexity index is 285. The Balaban J connectivity index is 1.64.